The molecule has 1 amide bonds. The van der Waals surface area contributed by atoms with Crippen LogP contribution in [0.2, 0.25) is 0 Å². The lowest BCUT2D eigenvalue weighted by Gasteiger charge is -2.43. The summed E-state index contributed by atoms with van der Waals surface area (Å²) >= 11 is 0. The third kappa shape index (κ3) is 5.08. The molecule has 3 rings (SSSR count). The summed E-state index contributed by atoms with van der Waals surface area (Å²) < 4.78 is 42.9. The molecule has 2 atom stereocenters. The number of alkyl halides is 3. The molecule has 1 aromatic rings. The van der Waals surface area contributed by atoms with E-state index in [0.717, 1.165) is 49.5 Å². The Morgan fingerprint density at radius 2 is 1.97 bits per heavy atom. The van der Waals surface area contributed by atoms with Crippen LogP contribution in [0.4, 0.5) is 13.2 Å². The fraction of sp³-hybridized carbons (Fsp3) is 0.722. The van der Waals surface area contributed by atoms with E-state index in [1.165, 1.54) is 0 Å². The second-order valence-corrected chi connectivity index (χ2v) is 7.57. The van der Waals surface area contributed by atoms with E-state index >= 15 is 0 Å². The number of fused-ring (bicyclic) bond motifs is 1. The quantitative estimate of drug-likeness (QED) is 0.797. The first-order valence-corrected chi connectivity index (χ1v) is 9.16. The summed E-state index contributed by atoms with van der Waals surface area (Å²) in [4.78, 5) is 25.7. The van der Waals surface area contributed by atoms with Gasteiger partial charge in [-0.05, 0) is 26.7 Å². The first-order valence-electron chi connectivity index (χ1n) is 9.16. The van der Waals surface area contributed by atoms with Crippen LogP contribution in [0.5, 0.6) is 0 Å². The number of nitrogens with zero attached hydrogens (tertiary/aromatic N) is 3. The molecule has 2 aliphatic heterocycles. The van der Waals surface area contributed by atoms with Crippen LogP contribution in [0.15, 0.2) is 4.52 Å². The number of amides is 1. The molecule has 0 saturated carbocycles. The number of carboxylic acid groups (broad SMARTS) is 1. The molecule has 11 heteroatoms. The molecule has 2 aliphatic rings. The van der Waals surface area contributed by atoms with Crippen molar-refractivity contribution in [3.8, 4) is 0 Å². The van der Waals surface area contributed by atoms with Crippen molar-refractivity contribution >= 4 is 11.9 Å². The lowest BCUT2D eigenvalue weighted by atomic mass is 9.75. The number of aromatic nitrogens is 1. The number of halogens is 3. The van der Waals surface area contributed by atoms with E-state index in [1.54, 1.807) is 4.90 Å². The zero-order valence-corrected chi connectivity index (χ0v) is 16.9. The van der Waals surface area contributed by atoms with E-state index in [1.807, 2.05) is 27.9 Å². The molecule has 0 aliphatic carbocycles. The monoisotopic (exact) mass is 421 g/mol. The molecule has 0 unspecified atom stereocenters. The van der Waals surface area contributed by atoms with Crippen molar-refractivity contribution in [1.29, 1.82) is 0 Å². The number of carbonyl (C=O) groups excluding carboxylic acids is 1. The Balaban J connectivity index is 0.000000370. The van der Waals surface area contributed by atoms with Gasteiger partial charge in [0.05, 0.1) is 17.2 Å². The summed E-state index contributed by atoms with van der Waals surface area (Å²) in [7, 11) is 3.67. The van der Waals surface area contributed by atoms with Crippen molar-refractivity contribution < 1.29 is 37.1 Å². The Kier molecular flexibility index (Phi) is 6.94. The third-order valence-electron chi connectivity index (χ3n) is 5.33. The van der Waals surface area contributed by atoms with Crippen molar-refractivity contribution in [2.75, 3.05) is 33.8 Å². The fourth-order valence-electron chi connectivity index (χ4n) is 3.87. The standard InChI is InChI=1S/C16H25N3O3.C2HF3O2/c1-11-13(12(2)22-17-11)9-19-7-5-14-16(10-19,6-8-21-14)15(20)18(3)4;3-2(4,5)1(6)7/h14H,5-10H2,1-4H3;(H,6,7)/t14-,16-;/m1./s1. The van der Waals surface area contributed by atoms with Crippen LogP contribution in [0.25, 0.3) is 0 Å². The normalized spacial score (nSPS) is 24.4. The largest absolute Gasteiger partial charge is 0.490 e. The molecule has 2 saturated heterocycles. The molecule has 2 fully saturated rings. The highest BCUT2D eigenvalue weighted by Gasteiger charge is 2.53. The average molecular weight is 421 g/mol. The molecular formula is C18H26F3N3O5. The number of hydrogen-bond donors (Lipinski definition) is 1. The van der Waals surface area contributed by atoms with Crippen LogP contribution >= 0.6 is 0 Å². The number of aliphatic carboxylic acids is 1. The van der Waals surface area contributed by atoms with Gasteiger partial charge in [-0.3, -0.25) is 9.69 Å². The molecule has 0 aromatic carbocycles. The predicted octanol–water partition coefficient (Wildman–Crippen LogP) is 1.99. The topological polar surface area (TPSA) is 96.1 Å². The van der Waals surface area contributed by atoms with E-state index < -0.39 is 12.1 Å². The number of carbonyl (C=O) groups is 2. The molecule has 0 bridgehead atoms. The summed E-state index contributed by atoms with van der Waals surface area (Å²) in [5, 5.41) is 11.2. The van der Waals surface area contributed by atoms with Crippen molar-refractivity contribution in [1.82, 2.24) is 15.0 Å². The van der Waals surface area contributed by atoms with Gasteiger partial charge in [0.2, 0.25) is 5.91 Å². The van der Waals surface area contributed by atoms with E-state index in [0.29, 0.717) is 6.61 Å². The zero-order chi connectivity index (χ0) is 22.0. The molecule has 0 spiro atoms. The van der Waals surface area contributed by atoms with Gasteiger partial charge in [-0.1, -0.05) is 5.16 Å². The molecule has 0 radical (unpaired) electrons. The third-order valence-corrected chi connectivity index (χ3v) is 5.33. The van der Waals surface area contributed by atoms with E-state index in [9.17, 15) is 18.0 Å². The second kappa shape index (κ2) is 8.70. The van der Waals surface area contributed by atoms with Gasteiger partial charge in [0, 0.05) is 45.9 Å². The SMILES string of the molecule is Cc1noc(C)c1CN1CC[C@H]2OCC[C@@]2(C(=O)N(C)C)C1.O=C(O)C(F)(F)F. The summed E-state index contributed by atoms with van der Waals surface area (Å²) in [6, 6.07) is 0. The summed E-state index contributed by atoms with van der Waals surface area (Å²) in [5.74, 6) is -1.69. The van der Waals surface area contributed by atoms with E-state index in [-0.39, 0.29) is 17.4 Å². The molecule has 1 N–H and O–H groups in total. The highest BCUT2D eigenvalue weighted by Crippen LogP contribution is 2.42. The Morgan fingerprint density at radius 3 is 2.45 bits per heavy atom. The van der Waals surface area contributed by atoms with Crippen LogP contribution in [0.3, 0.4) is 0 Å². The van der Waals surface area contributed by atoms with Crippen molar-refractivity contribution in [2.24, 2.45) is 5.41 Å². The lowest BCUT2D eigenvalue weighted by Crippen LogP contribution is -2.56. The van der Waals surface area contributed by atoms with E-state index in [4.69, 9.17) is 19.2 Å². The minimum absolute atomic E-state index is 0.0586. The first-order chi connectivity index (χ1) is 13.4. The van der Waals surface area contributed by atoms with E-state index in [2.05, 4.69) is 10.1 Å². The number of ether oxygens (including phenoxy) is 1. The summed E-state index contributed by atoms with van der Waals surface area (Å²) in [6.07, 6.45) is -3.31. The Bertz CT molecular complexity index is 730. The van der Waals surface area contributed by atoms with Gasteiger partial charge in [-0.15, -0.1) is 0 Å². The number of rotatable bonds is 3. The number of piperidine rings is 1. The maximum Gasteiger partial charge on any atom is 0.490 e. The van der Waals surface area contributed by atoms with Crippen LogP contribution in [0, 0.1) is 19.3 Å². The molecule has 164 valence electrons. The van der Waals surface area contributed by atoms with Gasteiger partial charge in [0.1, 0.15) is 5.76 Å². The average Bonchev–Trinajstić information content (AvgIpc) is 3.19. The van der Waals surface area contributed by atoms with Crippen molar-refractivity contribution in [2.45, 2.75) is 45.5 Å². The highest BCUT2D eigenvalue weighted by atomic mass is 19.4. The molecule has 1 aromatic heterocycles. The molecule has 3 heterocycles. The van der Waals surface area contributed by atoms with Gasteiger partial charge in [0.15, 0.2) is 0 Å². The van der Waals surface area contributed by atoms with Gasteiger partial charge < -0.3 is 19.3 Å². The number of likely N-dealkylation sites (tertiary alicyclic amines) is 1. The minimum Gasteiger partial charge on any atom is -0.475 e. The Labute approximate surface area is 166 Å². The van der Waals surface area contributed by atoms with Crippen LogP contribution in [-0.2, 0) is 20.9 Å². The van der Waals surface area contributed by atoms with Crippen LogP contribution in [-0.4, -0.2) is 78.0 Å². The van der Waals surface area contributed by atoms with Gasteiger partial charge >= 0.3 is 12.1 Å². The maximum atomic E-state index is 12.8. The Morgan fingerprint density at radius 1 is 1.34 bits per heavy atom. The minimum atomic E-state index is -5.08. The second-order valence-electron chi connectivity index (χ2n) is 7.57. The zero-order valence-electron chi connectivity index (χ0n) is 16.9. The highest BCUT2D eigenvalue weighted by molar-refractivity contribution is 5.83. The van der Waals surface area contributed by atoms with Crippen molar-refractivity contribution in [3.63, 3.8) is 0 Å². The van der Waals surface area contributed by atoms with Crippen molar-refractivity contribution in [3.05, 3.63) is 17.0 Å². The molecule has 29 heavy (non-hydrogen) atoms. The number of carboxylic acids is 1. The van der Waals surface area contributed by atoms with Gasteiger partial charge in [-0.25, -0.2) is 4.79 Å². The van der Waals surface area contributed by atoms with Crippen LogP contribution in [0.1, 0.15) is 29.9 Å². The van der Waals surface area contributed by atoms with Gasteiger partial charge in [0.25, 0.3) is 0 Å². The van der Waals surface area contributed by atoms with Gasteiger partial charge in [-0.2, -0.15) is 13.2 Å². The lowest BCUT2D eigenvalue weighted by molar-refractivity contribution is -0.192. The number of aryl methyl sites for hydroxylation is 2. The smallest absolute Gasteiger partial charge is 0.475 e. The number of hydrogen-bond acceptors (Lipinski definition) is 6. The Hall–Kier alpha value is -2.14. The first kappa shape index (κ1) is 23.1. The summed E-state index contributed by atoms with van der Waals surface area (Å²) in [6.45, 7) is 7.08. The molecular weight excluding hydrogens is 395 g/mol. The predicted molar refractivity (Wildman–Crippen MR) is 95.0 cm³/mol. The van der Waals surface area contributed by atoms with Crippen LogP contribution < -0.4 is 0 Å². The molecule has 8 nitrogen and oxygen atoms in total. The fourth-order valence-corrected chi connectivity index (χ4v) is 3.87. The summed E-state index contributed by atoms with van der Waals surface area (Å²) in [5.41, 5.74) is 1.70. The maximum absolute atomic E-state index is 12.8.